The van der Waals surface area contributed by atoms with Crippen LogP contribution in [0.3, 0.4) is 0 Å². The highest BCUT2D eigenvalue weighted by atomic mass is 14.9. The van der Waals surface area contributed by atoms with Gasteiger partial charge in [0.15, 0.2) is 0 Å². The van der Waals surface area contributed by atoms with Gasteiger partial charge in [0.05, 0.1) is 11.6 Å². The minimum atomic E-state index is 0.673. The number of benzene rings is 3. The Kier molecular flexibility index (Phi) is 3.66. The molecule has 0 aromatic heterocycles. The number of nitrogens with zero attached hydrogens (tertiary/aromatic N) is 1. The first kappa shape index (κ1) is 13.0. The third-order valence-electron chi connectivity index (χ3n) is 3.30. The van der Waals surface area contributed by atoms with Crippen LogP contribution in [0.25, 0.3) is 11.1 Å². The van der Waals surface area contributed by atoms with Crippen molar-refractivity contribution in [2.24, 2.45) is 0 Å². The summed E-state index contributed by atoms with van der Waals surface area (Å²) in [5.41, 5.74) is 4.98. The van der Waals surface area contributed by atoms with Crippen LogP contribution in [0.4, 0.5) is 11.4 Å². The van der Waals surface area contributed by atoms with Gasteiger partial charge in [-0.3, -0.25) is 0 Å². The summed E-state index contributed by atoms with van der Waals surface area (Å²) in [6.45, 7) is 0. The van der Waals surface area contributed by atoms with E-state index in [0.29, 0.717) is 5.56 Å². The van der Waals surface area contributed by atoms with Crippen molar-refractivity contribution in [1.29, 1.82) is 5.26 Å². The maximum absolute atomic E-state index is 8.89. The first-order chi connectivity index (χ1) is 10.4. The summed E-state index contributed by atoms with van der Waals surface area (Å²) in [6, 6.07) is 28.0. The summed E-state index contributed by atoms with van der Waals surface area (Å²) in [6.07, 6.45) is 0. The molecule has 0 radical (unpaired) electrons. The van der Waals surface area contributed by atoms with Crippen molar-refractivity contribution in [3.8, 4) is 17.2 Å². The lowest BCUT2D eigenvalue weighted by molar-refractivity contribution is 1.48. The van der Waals surface area contributed by atoms with E-state index < -0.39 is 0 Å². The Labute approximate surface area is 124 Å². The highest BCUT2D eigenvalue weighted by molar-refractivity contribution is 5.81. The lowest BCUT2D eigenvalue weighted by Gasteiger charge is -2.12. The molecule has 0 aliphatic carbocycles. The topological polar surface area (TPSA) is 35.8 Å². The fraction of sp³-hybridized carbons (Fsp3) is 0. The van der Waals surface area contributed by atoms with Gasteiger partial charge in [-0.1, -0.05) is 48.5 Å². The van der Waals surface area contributed by atoms with Gasteiger partial charge in [0.2, 0.25) is 0 Å². The molecule has 3 rings (SSSR count). The van der Waals surface area contributed by atoms with E-state index in [1.807, 2.05) is 66.7 Å². The number of hydrogen-bond donors (Lipinski definition) is 1. The van der Waals surface area contributed by atoms with Crippen molar-refractivity contribution in [2.45, 2.75) is 0 Å². The average molecular weight is 270 g/mol. The molecule has 2 nitrogen and oxygen atoms in total. The highest BCUT2D eigenvalue weighted by Crippen LogP contribution is 2.30. The Morgan fingerprint density at radius 1 is 0.714 bits per heavy atom. The van der Waals surface area contributed by atoms with Gasteiger partial charge < -0.3 is 5.32 Å². The van der Waals surface area contributed by atoms with Crippen molar-refractivity contribution < 1.29 is 0 Å². The smallest absolute Gasteiger partial charge is 0.0991 e. The Morgan fingerprint density at radius 2 is 1.38 bits per heavy atom. The minimum Gasteiger partial charge on any atom is -0.355 e. The zero-order chi connectivity index (χ0) is 14.5. The largest absolute Gasteiger partial charge is 0.355 e. The molecule has 0 heterocycles. The molecule has 3 aromatic carbocycles. The molecule has 0 amide bonds. The van der Waals surface area contributed by atoms with Crippen molar-refractivity contribution in [3.63, 3.8) is 0 Å². The van der Waals surface area contributed by atoms with Gasteiger partial charge in [-0.15, -0.1) is 0 Å². The number of rotatable bonds is 3. The van der Waals surface area contributed by atoms with E-state index in [4.69, 9.17) is 5.26 Å². The highest BCUT2D eigenvalue weighted by Gasteiger charge is 2.04. The summed E-state index contributed by atoms with van der Waals surface area (Å²) in [4.78, 5) is 0. The van der Waals surface area contributed by atoms with E-state index in [9.17, 15) is 0 Å². The SMILES string of the molecule is N#Cc1ccc(-c2ccccc2Nc2ccccc2)cc1. The van der Waals surface area contributed by atoms with Crippen LogP contribution in [0, 0.1) is 11.3 Å². The van der Waals surface area contributed by atoms with E-state index in [-0.39, 0.29) is 0 Å². The molecule has 0 fully saturated rings. The molecule has 0 atom stereocenters. The lowest BCUT2D eigenvalue weighted by atomic mass is 10.0. The van der Waals surface area contributed by atoms with Gasteiger partial charge in [-0.25, -0.2) is 0 Å². The van der Waals surface area contributed by atoms with Crippen LogP contribution in [0.1, 0.15) is 5.56 Å². The zero-order valence-corrected chi connectivity index (χ0v) is 11.5. The number of anilines is 2. The Balaban J connectivity index is 1.97. The van der Waals surface area contributed by atoms with Crippen LogP contribution >= 0.6 is 0 Å². The molecule has 0 bridgehead atoms. The molecule has 0 aliphatic rings. The molecule has 0 spiro atoms. The Hall–Kier alpha value is -3.05. The molecule has 1 N–H and O–H groups in total. The maximum atomic E-state index is 8.89. The first-order valence-electron chi connectivity index (χ1n) is 6.78. The fourth-order valence-corrected chi connectivity index (χ4v) is 2.25. The molecule has 0 saturated heterocycles. The third kappa shape index (κ3) is 2.93. The van der Waals surface area contributed by atoms with Crippen molar-refractivity contribution in [1.82, 2.24) is 0 Å². The second-order valence-electron chi connectivity index (χ2n) is 4.73. The van der Waals surface area contributed by atoms with Gasteiger partial charge >= 0.3 is 0 Å². The fourth-order valence-electron chi connectivity index (χ4n) is 2.25. The van der Waals surface area contributed by atoms with Crippen LogP contribution in [-0.4, -0.2) is 0 Å². The van der Waals surface area contributed by atoms with Crippen molar-refractivity contribution in [2.75, 3.05) is 5.32 Å². The predicted octanol–water partition coefficient (Wildman–Crippen LogP) is 4.97. The standard InChI is InChI=1S/C19H14N2/c20-14-15-10-12-16(13-11-15)18-8-4-5-9-19(18)21-17-6-2-1-3-7-17/h1-13,21H. The van der Waals surface area contributed by atoms with Crippen LogP contribution in [0.2, 0.25) is 0 Å². The van der Waals surface area contributed by atoms with Crippen LogP contribution in [0.5, 0.6) is 0 Å². The number of nitrogens with one attached hydrogen (secondary N) is 1. The summed E-state index contributed by atoms with van der Waals surface area (Å²) in [5, 5.41) is 12.3. The van der Waals surface area contributed by atoms with Gasteiger partial charge in [0.25, 0.3) is 0 Å². The summed E-state index contributed by atoms with van der Waals surface area (Å²) >= 11 is 0. The van der Waals surface area contributed by atoms with Crippen LogP contribution in [-0.2, 0) is 0 Å². The van der Waals surface area contributed by atoms with Gasteiger partial charge in [-0.2, -0.15) is 5.26 Å². The molecule has 2 heteroatoms. The van der Waals surface area contributed by atoms with E-state index in [1.165, 1.54) is 0 Å². The first-order valence-corrected chi connectivity index (χ1v) is 6.78. The number of para-hydroxylation sites is 2. The summed E-state index contributed by atoms with van der Waals surface area (Å²) in [5.74, 6) is 0. The maximum Gasteiger partial charge on any atom is 0.0991 e. The zero-order valence-electron chi connectivity index (χ0n) is 11.5. The van der Waals surface area contributed by atoms with Crippen LogP contribution in [0.15, 0.2) is 78.9 Å². The summed E-state index contributed by atoms with van der Waals surface area (Å²) in [7, 11) is 0. The second kappa shape index (κ2) is 5.94. The summed E-state index contributed by atoms with van der Waals surface area (Å²) < 4.78 is 0. The Bertz CT molecular complexity index is 769. The lowest BCUT2D eigenvalue weighted by Crippen LogP contribution is -1.92. The van der Waals surface area contributed by atoms with E-state index >= 15 is 0 Å². The van der Waals surface area contributed by atoms with E-state index in [2.05, 4.69) is 23.5 Å². The molecule has 3 aromatic rings. The average Bonchev–Trinajstić information content (AvgIpc) is 2.56. The second-order valence-corrected chi connectivity index (χ2v) is 4.73. The molecular formula is C19H14N2. The number of nitriles is 1. The van der Waals surface area contributed by atoms with Crippen molar-refractivity contribution >= 4 is 11.4 Å². The third-order valence-corrected chi connectivity index (χ3v) is 3.30. The molecular weight excluding hydrogens is 256 g/mol. The number of hydrogen-bond acceptors (Lipinski definition) is 2. The van der Waals surface area contributed by atoms with Crippen molar-refractivity contribution in [3.05, 3.63) is 84.4 Å². The molecule has 21 heavy (non-hydrogen) atoms. The van der Waals surface area contributed by atoms with Gasteiger partial charge in [0, 0.05) is 16.9 Å². The minimum absolute atomic E-state index is 0.673. The molecule has 0 unspecified atom stereocenters. The molecule has 0 saturated carbocycles. The molecule has 100 valence electrons. The normalized spacial score (nSPS) is 9.86. The quantitative estimate of drug-likeness (QED) is 0.729. The van der Waals surface area contributed by atoms with Gasteiger partial charge in [-0.05, 0) is 35.9 Å². The van der Waals surface area contributed by atoms with Gasteiger partial charge in [0.1, 0.15) is 0 Å². The monoisotopic (exact) mass is 270 g/mol. The van der Waals surface area contributed by atoms with E-state index in [0.717, 1.165) is 22.5 Å². The predicted molar refractivity (Wildman–Crippen MR) is 86.3 cm³/mol. The molecule has 0 aliphatic heterocycles. The Morgan fingerprint density at radius 3 is 2.10 bits per heavy atom. The van der Waals surface area contributed by atoms with Crippen LogP contribution < -0.4 is 5.32 Å². The van der Waals surface area contributed by atoms with E-state index in [1.54, 1.807) is 0 Å².